The number of benzene rings is 2. The maximum Gasteiger partial charge on any atom is 0.249 e. The lowest BCUT2D eigenvalue weighted by Gasteiger charge is -2.22. The Morgan fingerprint density at radius 2 is 2.12 bits per heavy atom. The molecule has 32 heavy (non-hydrogen) atoms. The van der Waals surface area contributed by atoms with Crippen LogP contribution in [0.5, 0.6) is 11.5 Å². The van der Waals surface area contributed by atoms with Crippen molar-refractivity contribution in [2.24, 2.45) is 0 Å². The molecule has 0 spiro atoms. The van der Waals surface area contributed by atoms with Gasteiger partial charge in [0.2, 0.25) is 17.6 Å². The van der Waals surface area contributed by atoms with Crippen molar-refractivity contribution in [3.63, 3.8) is 0 Å². The highest BCUT2D eigenvalue weighted by molar-refractivity contribution is 6.31. The van der Waals surface area contributed by atoms with Crippen molar-refractivity contribution in [2.45, 2.75) is 38.8 Å². The van der Waals surface area contributed by atoms with E-state index in [9.17, 15) is 9.18 Å². The zero-order valence-corrected chi connectivity index (χ0v) is 18.6. The molecule has 1 aromatic heterocycles. The van der Waals surface area contributed by atoms with E-state index in [2.05, 4.69) is 10.1 Å². The molecule has 2 aromatic carbocycles. The fraction of sp³-hybridized carbons (Fsp3) is 0.348. The molecule has 1 unspecified atom stereocenters. The van der Waals surface area contributed by atoms with Gasteiger partial charge in [-0.25, -0.2) is 4.39 Å². The number of rotatable bonds is 8. The summed E-state index contributed by atoms with van der Waals surface area (Å²) in [6.45, 7) is 2.64. The summed E-state index contributed by atoms with van der Waals surface area (Å²) in [5.74, 6) is 1.28. The first-order valence-electron chi connectivity index (χ1n) is 10.4. The van der Waals surface area contributed by atoms with Gasteiger partial charge in [-0.15, -0.1) is 0 Å². The third-order valence-corrected chi connectivity index (χ3v) is 5.68. The second-order valence-electron chi connectivity index (χ2n) is 7.45. The van der Waals surface area contributed by atoms with E-state index in [1.807, 2.05) is 13.0 Å². The van der Waals surface area contributed by atoms with E-state index in [4.69, 9.17) is 25.6 Å². The Bertz CT molecular complexity index is 1100. The number of nitrogens with zero attached hydrogens (tertiary/aromatic N) is 3. The smallest absolute Gasteiger partial charge is 0.249 e. The lowest BCUT2D eigenvalue weighted by atomic mass is 10.1. The van der Waals surface area contributed by atoms with Crippen molar-refractivity contribution in [3.8, 4) is 22.9 Å². The van der Waals surface area contributed by atoms with E-state index < -0.39 is 11.9 Å². The van der Waals surface area contributed by atoms with Crippen molar-refractivity contribution in [1.82, 2.24) is 15.0 Å². The zero-order chi connectivity index (χ0) is 22.7. The molecule has 0 N–H and O–H groups in total. The van der Waals surface area contributed by atoms with Gasteiger partial charge in [0, 0.05) is 22.6 Å². The highest BCUT2D eigenvalue weighted by Gasteiger charge is 2.36. The topological polar surface area (TPSA) is 77.7 Å². The molecule has 0 aliphatic carbocycles. The molecule has 1 saturated heterocycles. The van der Waals surface area contributed by atoms with Crippen LogP contribution in [0.1, 0.15) is 43.7 Å². The van der Waals surface area contributed by atoms with Crippen LogP contribution in [0.4, 0.5) is 4.39 Å². The minimum Gasteiger partial charge on any atom is -0.493 e. The maximum absolute atomic E-state index is 14.3. The molecule has 1 aliphatic heterocycles. The van der Waals surface area contributed by atoms with Gasteiger partial charge in [0.15, 0.2) is 11.5 Å². The van der Waals surface area contributed by atoms with Crippen molar-refractivity contribution in [2.75, 3.05) is 13.7 Å². The number of hydrogen-bond donors (Lipinski definition) is 0. The predicted octanol–water partition coefficient (Wildman–Crippen LogP) is 5.19. The Morgan fingerprint density at radius 3 is 2.88 bits per heavy atom. The normalized spacial score (nSPS) is 15.9. The first-order valence-corrected chi connectivity index (χ1v) is 10.8. The first-order chi connectivity index (χ1) is 15.5. The van der Waals surface area contributed by atoms with Gasteiger partial charge in [-0.3, -0.25) is 4.79 Å². The van der Waals surface area contributed by atoms with Crippen LogP contribution in [0, 0.1) is 5.82 Å². The van der Waals surface area contributed by atoms with Gasteiger partial charge in [-0.1, -0.05) is 29.7 Å². The van der Waals surface area contributed by atoms with Crippen molar-refractivity contribution >= 4 is 17.5 Å². The monoisotopic (exact) mass is 459 g/mol. The van der Waals surface area contributed by atoms with E-state index in [0.29, 0.717) is 48.2 Å². The molecule has 1 amide bonds. The molecule has 2 heterocycles. The van der Waals surface area contributed by atoms with Gasteiger partial charge in [-0.2, -0.15) is 4.98 Å². The minimum absolute atomic E-state index is 0.0318. The number of halogens is 2. The second kappa shape index (κ2) is 9.56. The summed E-state index contributed by atoms with van der Waals surface area (Å²) < 4.78 is 30.9. The Morgan fingerprint density at radius 1 is 1.28 bits per heavy atom. The number of carbonyl (C=O) groups excluding carboxylic acids is 1. The molecule has 0 radical (unpaired) electrons. The largest absolute Gasteiger partial charge is 0.493 e. The third-order valence-electron chi connectivity index (χ3n) is 5.33. The number of carbonyl (C=O) groups is 1. The highest BCUT2D eigenvalue weighted by Crippen LogP contribution is 2.37. The molecule has 1 atom stereocenters. The van der Waals surface area contributed by atoms with Crippen LogP contribution in [0.15, 0.2) is 40.9 Å². The second-order valence-corrected chi connectivity index (χ2v) is 7.85. The Balaban J connectivity index is 1.58. The number of aromatic nitrogens is 2. The molecule has 9 heteroatoms. The van der Waals surface area contributed by atoms with Gasteiger partial charge in [-0.05, 0) is 43.2 Å². The fourth-order valence-corrected chi connectivity index (χ4v) is 3.89. The summed E-state index contributed by atoms with van der Waals surface area (Å²) in [7, 11) is 1.56. The highest BCUT2D eigenvalue weighted by atomic mass is 35.5. The van der Waals surface area contributed by atoms with Crippen LogP contribution in [0.25, 0.3) is 11.4 Å². The molecule has 168 valence electrons. The van der Waals surface area contributed by atoms with Gasteiger partial charge in [0.05, 0.1) is 20.3 Å². The van der Waals surface area contributed by atoms with E-state index >= 15 is 0 Å². The number of likely N-dealkylation sites (tertiary alicyclic amines) is 1. The van der Waals surface area contributed by atoms with Crippen LogP contribution in [-0.2, 0) is 11.3 Å². The van der Waals surface area contributed by atoms with Crippen molar-refractivity contribution in [3.05, 3.63) is 58.7 Å². The first kappa shape index (κ1) is 22.1. The summed E-state index contributed by atoms with van der Waals surface area (Å²) in [6, 6.07) is 9.39. The quantitative estimate of drug-likeness (QED) is 0.461. The van der Waals surface area contributed by atoms with Crippen molar-refractivity contribution in [1.29, 1.82) is 0 Å². The lowest BCUT2D eigenvalue weighted by Crippen LogP contribution is -2.28. The summed E-state index contributed by atoms with van der Waals surface area (Å²) >= 11 is 6.16. The predicted molar refractivity (Wildman–Crippen MR) is 116 cm³/mol. The summed E-state index contributed by atoms with van der Waals surface area (Å²) in [6.07, 6.45) is 1.69. The summed E-state index contributed by atoms with van der Waals surface area (Å²) in [5.41, 5.74) is 0.954. The van der Waals surface area contributed by atoms with E-state index in [1.54, 1.807) is 25.3 Å². The molecular formula is C23H23ClFN3O4. The van der Waals surface area contributed by atoms with Gasteiger partial charge < -0.3 is 18.9 Å². The van der Waals surface area contributed by atoms with E-state index in [1.165, 1.54) is 17.0 Å². The SMILES string of the molecule is CCCOc1ccc(-c2noc(C3CCC(=O)N3Cc3c(F)cccc3Cl)n2)cc1OC. The molecule has 0 bridgehead atoms. The van der Waals surface area contributed by atoms with Crippen LogP contribution in [0.3, 0.4) is 0 Å². The summed E-state index contributed by atoms with van der Waals surface area (Å²) in [4.78, 5) is 18.5. The van der Waals surface area contributed by atoms with E-state index in [-0.39, 0.29) is 23.0 Å². The Labute approximate surface area is 190 Å². The lowest BCUT2D eigenvalue weighted by molar-refractivity contribution is -0.130. The van der Waals surface area contributed by atoms with Gasteiger partial charge >= 0.3 is 0 Å². The van der Waals surface area contributed by atoms with E-state index in [0.717, 1.165) is 6.42 Å². The molecule has 0 saturated carbocycles. The number of methoxy groups -OCH3 is 1. The third kappa shape index (κ3) is 4.41. The number of hydrogen-bond acceptors (Lipinski definition) is 6. The van der Waals surface area contributed by atoms with Crippen molar-refractivity contribution < 1.29 is 23.2 Å². The minimum atomic E-state index is -0.459. The standard InChI is InChI=1S/C23H23ClFN3O4/c1-3-11-31-19-9-7-14(12-20(19)30-2)22-26-23(32-27-22)18-8-10-21(29)28(18)13-15-16(24)5-4-6-17(15)25/h4-7,9,12,18H,3,8,10-11,13H2,1-2H3. The average Bonchev–Trinajstić information content (AvgIpc) is 3.42. The summed E-state index contributed by atoms with van der Waals surface area (Å²) in [5, 5.41) is 4.35. The fourth-order valence-electron chi connectivity index (χ4n) is 3.67. The Kier molecular flexibility index (Phi) is 6.60. The van der Waals surface area contributed by atoms with Gasteiger partial charge in [0.1, 0.15) is 11.9 Å². The molecule has 1 fully saturated rings. The van der Waals surface area contributed by atoms with Crippen LogP contribution in [0.2, 0.25) is 5.02 Å². The maximum atomic E-state index is 14.3. The van der Waals surface area contributed by atoms with Crippen LogP contribution >= 0.6 is 11.6 Å². The molecule has 1 aliphatic rings. The molecule has 7 nitrogen and oxygen atoms in total. The van der Waals surface area contributed by atoms with Crippen LogP contribution < -0.4 is 9.47 Å². The molecule has 4 rings (SSSR count). The van der Waals surface area contributed by atoms with Gasteiger partial charge in [0.25, 0.3) is 0 Å². The average molecular weight is 460 g/mol. The number of amides is 1. The van der Waals surface area contributed by atoms with Crippen LogP contribution in [-0.4, -0.2) is 34.7 Å². The molecule has 3 aromatic rings. The Hall–Kier alpha value is -3.13. The zero-order valence-electron chi connectivity index (χ0n) is 17.8. The number of ether oxygens (including phenoxy) is 2. The molecular weight excluding hydrogens is 437 g/mol.